The number of phenolic OH excluding ortho intramolecular Hbond substituents is 1. The maximum absolute atomic E-state index is 12.0. The fraction of sp³-hybridized carbons (Fsp3) is 0. The molecule has 2 aromatic carbocycles. The molecule has 0 saturated heterocycles. The number of halogens is 1. The van der Waals surface area contributed by atoms with E-state index in [2.05, 4.69) is 10.6 Å². The van der Waals surface area contributed by atoms with Crippen molar-refractivity contribution in [1.82, 2.24) is 5.32 Å². The van der Waals surface area contributed by atoms with Crippen LogP contribution in [-0.4, -0.2) is 21.0 Å². The number of non-ortho nitro benzene ring substituents is 1. The molecule has 0 radical (unpaired) electrons. The average Bonchev–Trinajstić information content (AvgIpc) is 2.49. The van der Waals surface area contributed by atoms with Gasteiger partial charge in [-0.2, -0.15) is 0 Å². The van der Waals surface area contributed by atoms with Crippen LogP contribution >= 0.6 is 23.8 Å². The van der Waals surface area contributed by atoms with Crippen LogP contribution in [0.1, 0.15) is 10.4 Å². The maximum atomic E-state index is 12.0. The minimum atomic E-state index is -0.638. The van der Waals surface area contributed by atoms with Gasteiger partial charge in [0.05, 0.1) is 27.3 Å². The van der Waals surface area contributed by atoms with Crippen LogP contribution < -0.4 is 10.6 Å². The van der Waals surface area contributed by atoms with Crippen LogP contribution in [0.15, 0.2) is 42.5 Å². The summed E-state index contributed by atoms with van der Waals surface area (Å²) in [7, 11) is 0. The zero-order valence-corrected chi connectivity index (χ0v) is 13.0. The second-order valence-corrected chi connectivity index (χ2v) is 5.16. The number of nitro groups is 1. The van der Waals surface area contributed by atoms with Crippen LogP contribution in [0.5, 0.6) is 5.75 Å². The Hall–Kier alpha value is -2.71. The third-order valence-corrected chi connectivity index (χ3v) is 3.32. The van der Waals surface area contributed by atoms with Crippen molar-refractivity contribution >= 4 is 46.2 Å². The molecule has 23 heavy (non-hydrogen) atoms. The first kappa shape index (κ1) is 16.7. The average molecular weight is 352 g/mol. The number of thiocarbonyl (C=S) groups is 1. The van der Waals surface area contributed by atoms with Crippen molar-refractivity contribution in [1.29, 1.82) is 0 Å². The number of anilines is 1. The van der Waals surface area contributed by atoms with Crippen LogP contribution in [0.4, 0.5) is 11.4 Å². The normalized spacial score (nSPS) is 9.96. The summed E-state index contributed by atoms with van der Waals surface area (Å²) in [6.07, 6.45) is 0. The van der Waals surface area contributed by atoms with Gasteiger partial charge in [0.15, 0.2) is 5.11 Å². The summed E-state index contributed by atoms with van der Waals surface area (Å²) in [6.45, 7) is 0. The summed E-state index contributed by atoms with van der Waals surface area (Å²) in [5.41, 5.74) is 0.102. The molecule has 2 rings (SSSR count). The zero-order chi connectivity index (χ0) is 17.0. The van der Waals surface area contributed by atoms with Crippen molar-refractivity contribution in [3.63, 3.8) is 0 Å². The van der Waals surface area contributed by atoms with Crippen molar-refractivity contribution in [3.05, 3.63) is 63.2 Å². The van der Waals surface area contributed by atoms with Gasteiger partial charge in [-0.15, -0.1) is 0 Å². The number of hydrogen-bond acceptors (Lipinski definition) is 5. The van der Waals surface area contributed by atoms with Gasteiger partial charge in [-0.05, 0) is 30.4 Å². The second kappa shape index (κ2) is 7.03. The summed E-state index contributed by atoms with van der Waals surface area (Å²) in [4.78, 5) is 22.0. The van der Waals surface area contributed by atoms with E-state index >= 15 is 0 Å². The predicted octanol–water partition coefficient (Wildman–Crippen LogP) is 3.08. The van der Waals surface area contributed by atoms with E-state index in [0.29, 0.717) is 0 Å². The Bertz CT molecular complexity index is 797. The third kappa shape index (κ3) is 4.15. The summed E-state index contributed by atoms with van der Waals surface area (Å²) in [5.74, 6) is -0.886. The Morgan fingerprint density at radius 3 is 2.57 bits per heavy atom. The van der Waals surface area contributed by atoms with E-state index < -0.39 is 10.8 Å². The fourth-order valence-corrected chi connectivity index (χ4v) is 2.13. The standard InChI is InChI=1S/C14H10ClN3O4S/c15-10-4-2-1-3-9(10)13(20)17-14(23)16-11-6-5-8(18(21)22)7-12(11)19/h1-7,19H,(H2,16,17,20,23). The minimum absolute atomic E-state index is 0.0842. The largest absolute Gasteiger partial charge is 0.506 e. The molecule has 118 valence electrons. The fourth-order valence-electron chi connectivity index (χ4n) is 1.71. The van der Waals surface area contributed by atoms with Gasteiger partial charge in [-0.25, -0.2) is 0 Å². The first-order chi connectivity index (χ1) is 10.9. The zero-order valence-electron chi connectivity index (χ0n) is 11.4. The maximum Gasteiger partial charge on any atom is 0.273 e. The van der Waals surface area contributed by atoms with Gasteiger partial charge in [0.2, 0.25) is 0 Å². The highest BCUT2D eigenvalue weighted by Gasteiger charge is 2.14. The molecule has 9 heteroatoms. The Labute approximate surface area is 141 Å². The van der Waals surface area contributed by atoms with E-state index in [-0.39, 0.29) is 32.8 Å². The van der Waals surface area contributed by atoms with Gasteiger partial charge in [0.25, 0.3) is 11.6 Å². The number of amides is 1. The highest BCUT2D eigenvalue weighted by Crippen LogP contribution is 2.27. The molecule has 0 spiro atoms. The monoisotopic (exact) mass is 351 g/mol. The molecule has 0 heterocycles. The lowest BCUT2D eigenvalue weighted by atomic mass is 10.2. The molecule has 0 aliphatic carbocycles. The number of nitro benzene ring substituents is 1. The molecule has 0 saturated carbocycles. The van der Waals surface area contributed by atoms with Gasteiger partial charge in [-0.3, -0.25) is 20.2 Å². The Balaban J connectivity index is 2.07. The lowest BCUT2D eigenvalue weighted by molar-refractivity contribution is -0.384. The number of hydrogen-bond donors (Lipinski definition) is 3. The molecule has 0 unspecified atom stereocenters. The minimum Gasteiger partial charge on any atom is -0.506 e. The van der Waals surface area contributed by atoms with E-state index in [9.17, 15) is 20.0 Å². The van der Waals surface area contributed by atoms with Crippen molar-refractivity contribution in [3.8, 4) is 5.75 Å². The molecule has 0 aliphatic rings. The first-order valence-electron chi connectivity index (χ1n) is 6.22. The van der Waals surface area contributed by atoms with Gasteiger partial charge in [-0.1, -0.05) is 23.7 Å². The molecule has 7 nitrogen and oxygen atoms in total. The number of benzene rings is 2. The molecular formula is C14H10ClN3O4S. The number of phenols is 1. The summed E-state index contributed by atoms with van der Waals surface area (Å²) >= 11 is 10.9. The predicted molar refractivity (Wildman–Crippen MR) is 89.9 cm³/mol. The molecule has 1 amide bonds. The van der Waals surface area contributed by atoms with Crippen LogP contribution in [0.2, 0.25) is 5.02 Å². The number of rotatable bonds is 3. The number of nitrogens with zero attached hydrogens (tertiary/aromatic N) is 1. The van der Waals surface area contributed by atoms with E-state index in [1.165, 1.54) is 18.2 Å². The SMILES string of the molecule is O=C(NC(=S)Nc1ccc([N+](=O)[O-])cc1O)c1ccccc1Cl. The Kier molecular flexibility index (Phi) is 5.09. The van der Waals surface area contributed by atoms with Crippen LogP contribution in [0, 0.1) is 10.1 Å². The quantitative estimate of drug-likeness (QED) is 0.340. The number of carbonyl (C=O) groups excluding carboxylic acids is 1. The smallest absolute Gasteiger partial charge is 0.273 e. The molecule has 0 fully saturated rings. The topological polar surface area (TPSA) is 104 Å². The lowest BCUT2D eigenvalue weighted by Crippen LogP contribution is -2.34. The van der Waals surface area contributed by atoms with Gasteiger partial charge < -0.3 is 10.4 Å². The van der Waals surface area contributed by atoms with Crippen molar-refractivity contribution in [2.75, 3.05) is 5.32 Å². The van der Waals surface area contributed by atoms with Crippen molar-refractivity contribution in [2.24, 2.45) is 0 Å². The summed E-state index contributed by atoms with van der Waals surface area (Å²) in [5, 5.41) is 25.5. The Morgan fingerprint density at radius 1 is 1.26 bits per heavy atom. The Morgan fingerprint density at radius 2 is 1.96 bits per heavy atom. The molecule has 0 aromatic heterocycles. The highest BCUT2D eigenvalue weighted by atomic mass is 35.5. The first-order valence-corrected chi connectivity index (χ1v) is 7.01. The molecule has 0 atom stereocenters. The molecule has 2 aromatic rings. The second-order valence-electron chi connectivity index (χ2n) is 4.35. The van der Waals surface area contributed by atoms with Gasteiger partial charge in [0, 0.05) is 6.07 Å². The summed E-state index contributed by atoms with van der Waals surface area (Å²) < 4.78 is 0. The van der Waals surface area contributed by atoms with Crippen LogP contribution in [-0.2, 0) is 0 Å². The third-order valence-electron chi connectivity index (χ3n) is 2.79. The number of nitrogens with one attached hydrogen (secondary N) is 2. The van der Waals surface area contributed by atoms with E-state index in [0.717, 1.165) is 6.07 Å². The number of aromatic hydroxyl groups is 1. The van der Waals surface area contributed by atoms with Crippen molar-refractivity contribution in [2.45, 2.75) is 0 Å². The summed E-state index contributed by atoms with van der Waals surface area (Å²) in [6, 6.07) is 9.88. The van der Waals surface area contributed by atoms with E-state index in [1.54, 1.807) is 18.2 Å². The van der Waals surface area contributed by atoms with Gasteiger partial charge in [0.1, 0.15) is 5.75 Å². The van der Waals surface area contributed by atoms with E-state index in [1.807, 2.05) is 0 Å². The van der Waals surface area contributed by atoms with Crippen LogP contribution in [0.25, 0.3) is 0 Å². The van der Waals surface area contributed by atoms with Gasteiger partial charge >= 0.3 is 0 Å². The highest BCUT2D eigenvalue weighted by molar-refractivity contribution is 7.80. The molecule has 3 N–H and O–H groups in total. The van der Waals surface area contributed by atoms with Crippen molar-refractivity contribution < 1.29 is 14.8 Å². The van der Waals surface area contributed by atoms with E-state index in [4.69, 9.17) is 23.8 Å². The molecule has 0 bridgehead atoms. The number of carbonyl (C=O) groups is 1. The van der Waals surface area contributed by atoms with Crippen LogP contribution in [0.3, 0.4) is 0 Å². The molecular weight excluding hydrogens is 342 g/mol. The lowest BCUT2D eigenvalue weighted by Gasteiger charge is -2.11. The molecule has 0 aliphatic heterocycles.